The highest BCUT2D eigenvalue weighted by Crippen LogP contribution is 2.07. The zero-order valence-electron chi connectivity index (χ0n) is 8.68. The number of nitrogens with one attached hydrogen (secondary N) is 1. The minimum absolute atomic E-state index is 0.329. The summed E-state index contributed by atoms with van der Waals surface area (Å²) in [5.74, 6) is 0.329. The van der Waals surface area contributed by atoms with Crippen LogP contribution in [0.25, 0.3) is 0 Å². The summed E-state index contributed by atoms with van der Waals surface area (Å²) >= 11 is 0. The van der Waals surface area contributed by atoms with Crippen LogP contribution in [-0.4, -0.2) is 36.5 Å². The molecule has 0 spiro atoms. The van der Waals surface area contributed by atoms with Crippen LogP contribution in [0.4, 0.5) is 0 Å². The van der Waals surface area contributed by atoms with E-state index in [1.54, 1.807) is 0 Å². The van der Waals surface area contributed by atoms with Gasteiger partial charge in [0.2, 0.25) is 5.91 Å². The third-order valence-corrected chi connectivity index (χ3v) is 2.57. The summed E-state index contributed by atoms with van der Waals surface area (Å²) in [5, 5.41) is 3.28. The highest BCUT2D eigenvalue weighted by Gasteiger charge is 2.21. The molecule has 1 fully saturated rings. The van der Waals surface area contributed by atoms with Crippen LogP contribution in [-0.2, 0) is 4.79 Å². The standard InChI is InChI=1S/C10H20N2O/c1-3-4-5-10(13)12-7-6-11-8-9(12)2/h9,11H,3-8H2,1-2H3/t9-/m1/s1. The fourth-order valence-electron chi connectivity index (χ4n) is 1.68. The lowest BCUT2D eigenvalue weighted by Gasteiger charge is -2.34. The Labute approximate surface area is 80.5 Å². The third kappa shape index (κ3) is 2.99. The van der Waals surface area contributed by atoms with E-state index in [0.717, 1.165) is 38.9 Å². The fraction of sp³-hybridized carbons (Fsp3) is 0.900. The number of hydrogen-bond donors (Lipinski definition) is 1. The Kier molecular flexibility index (Phi) is 4.22. The molecule has 1 atom stereocenters. The molecule has 1 aliphatic rings. The molecule has 1 heterocycles. The van der Waals surface area contributed by atoms with Crippen LogP contribution in [0.2, 0.25) is 0 Å². The average molecular weight is 184 g/mol. The molecular weight excluding hydrogens is 164 g/mol. The Morgan fingerprint density at radius 1 is 1.62 bits per heavy atom. The lowest BCUT2D eigenvalue weighted by molar-refractivity contribution is -0.134. The molecule has 3 heteroatoms. The van der Waals surface area contributed by atoms with Crippen LogP contribution < -0.4 is 5.32 Å². The molecule has 0 aromatic heterocycles. The number of hydrogen-bond acceptors (Lipinski definition) is 2. The van der Waals surface area contributed by atoms with E-state index in [9.17, 15) is 4.79 Å². The third-order valence-electron chi connectivity index (χ3n) is 2.57. The van der Waals surface area contributed by atoms with Gasteiger partial charge in [-0.3, -0.25) is 4.79 Å². The summed E-state index contributed by atoms with van der Waals surface area (Å²) in [7, 11) is 0. The molecule has 0 radical (unpaired) electrons. The largest absolute Gasteiger partial charge is 0.337 e. The SMILES string of the molecule is CCCCC(=O)N1CCNC[C@H]1C. The Hall–Kier alpha value is -0.570. The van der Waals surface area contributed by atoms with Crippen molar-refractivity contribution in [3.63, 3.8) is 0 Å². The lowest BCUT2D eigenvalue weighted by atomic mass is 10.1. The number of unbranched alkanes of at least 4 members (excludes halogenated alkanes) is 1. The molecule has 1 saturated heterocycles. The van der Waals surface area contributed by atoms with Gasteiger partial charge in [-0.05, 0) is 13.3 Å². The van der Waals surface area contributed by atoms with Crippen LogP contribution in [0, 0.1) is 0 Å². The topological polar surface area (TPSA) is 32.3 Å². The van der Waals surface area contributed by atoms with Gasteiger partial charge in [0.15, 0.2) is 0 Å². The van der Waals surface area contributed by atoms with E-state index in [1.807, 2.05) is 4.90 Å². The predicted octanol–water partition coefficient (Wildman–Crippen LogP) is 0.997. The van der Waals surface area contributed by atoms with Crippen molar-refractivity contribution in [1.29, 1.82) is 0 Å². The summed E-state index contributed by atoms with van der Waals surface area (Å²) in [4.78, 5) is 13.7. The first-order chi connectivity index (χ1) is 6.25. The predicted molar refractivity (Wildman–Crippen MR) is 53.6 cm³/mol. The normalized spacial score (nSPS) is 23.2. The summed E-state index contributed by atoms with van der Waals surface area (Å²) in [6, 6.07) is 0.373. The average Bonchev–Trinajstić information content (AvgIpc) is 2.15. The van der Waals surface area contributed by atoms with Gasteiger partial charge in [0, 0.05) is 32.1 Å². The van der Waals surface area contributed by atoms with Crippen LogP contribution in [0.1, 0.15) is 33.1 Å². The molecule has 1 aliphatic heterocycles. The number of carbonyl (C=O) groups is 1. The molecule has 0 aromatic rings. The van der Waals surface area contributed by atoms with Gasteiger partial charge in [0.25, 0.3) is 0 Å². The van der Waals surface area contributed by atoms with Gasteiger partial charge in [-0.1, -0.05) is 13.3 Å². The van der Waals surface area contributed by atoms with Crippen LogP contribution in [0.3, 0.4) is 0 Å². The van der Waals surface area contributed by atoms with E-state index in [2.05, 4.69) is 19.2 Å². The van der Waals surface area contributed by atoms with E-state index >= 15 is 0 Å². The van der Waals surface area contributed by atoms with Gasteiger partial charge in [-0.2, -0.15) is 0 Å². The molecule has 0 bridgehead atoms. The molecule has 0 aliphatic carbocycles. The highest BCUT2D eigenvalue weighted by molar-refractivity contribution is 5.76. The van der Waals surface area contributed by atoms with Gasteiger partial charge in [-0.15, -0.1) is 0 Å². The van der Waals surface area contributed by atoms with Crippen molar-refractivity contribution in [2.75, 3.05) is 19.6 Å². The first-order valence-electron chi connectivity index (χ1n) is 5.26. The summed E-state index contributed by atoms with van der Waals surface area (Å²) in [6.07, 6.45) is 2.85. The maximum absolute atomic E-state index is 11.7. The monoisotopic (exact) mass is 184 g/mol. The molecule has 76 valence electrons. The summed E-state index contributed by atoms with van der Waals surface area (Å²) in [6.45, 7) is 6.99. The smallest absolute Gasteiger partial charge is 0.222 e. The summed E-state index contributed by atoms with van der Waals surface area (Å²) < 4.78 is 0. The number of carbonyl (C=O) groups excluding carboxylic acids is 1. The first-order valence-corrected chi connectivity index (χ1v) is 5.26. The van der Waals surface area contributed by atoms with Crippen molar-refractivity contribution in [3.8, 4) is 0 Å². The van der Waals surface area contributed by atoms with Gasteiger partial charge < -0.3 is 10.2 Å². The van der Waals surface area contributed by atoms with Crippen molar-refractivity contribution in [2.24, 2.45) is 0 Å². The van der Waals surface area contributed by atoms with Crippen molar-refractivity contribution >= 4 is 5.91 Å². The fourth-order valence-corrected chi connectivity index (χ4v) is 1.68. The maximum Gasteiger partial charge on any atom is 0.222 e. The molecule has 3 nitrogen and oxygen atoms in total. The van der Waals surface area contributed by atoms with Crippen LogP contribution in [0.15, 0.2) is 0 Å². The van der Waals surface area contributed by atoms with Crippen LogP contribution in [0.5, 0.6) is 0 Å². The zero-order valence-corrected chi connectivity index (χ0v) is 8.68. The molecule has 0 aromatic carbocycles. The van der Waals surface area contributed by atoms with Crippen molar-refractivity contribution in [2.45, 2.75) is 39.2 Å². The number of piperazine rings is 1. The van der Waals surface area contributed by atoms with Crippen molar-refractivity contribution in [3.05, 3.63) is 0 Å². The van der Waals surface area contributed by atoms with Crippen molar-refractivity contribution < 1.29 is 4.79 Å². The zero-order chi connectivity index (χ0) is 9.68. The van der Waals surface area contributed by atoms with E-state index in [1.165, 1.54) is 0 Å². The minimum Gasteiger partial charge on any atom is -0.337 e. The van der Waals surface area contributed by atoms with Gasteiger partial charge in [-0.25, -0.2) is 0 Å². The van der Waals surface area contributed by atoms with E-state index in [-0.39, 0.29) is 0 Å². The van der Waals surface area contributed by atoms with Gasteiger partial charge >= 0.3 is 0 Å². The van der Waals surface area contributed by atoms with E-state index in [4.69, 9.17) is 0 Å². The quantitative estimate of drug-likeness (QED) is 0.709. The first kappa shape index (κ1) is 10.5. The number of rotatable bonds is 3. The lowest BCUT2D eigenvalue weighted by Crippen LogP contribution is -2.52. The van der Waals surface area contributed by atoms with Gasteiger partial charge in [0.05, 0.1) is 0 Å². The highest BCUT2D eigenvalue weighted by atomic mass is 16.2. The number of amides is 1. The molecule has 1 rings (SSSR count). The molecule has 0 unspecified atom stereocenters. The minimum atomic E-state index is 0.329. The molecule has 0 saturated carbocycles. The Morgan fingerprint density at radius 2 is 2.38 bits per heavy atom. The Bertz CT molecular complexity index is 170. The molecule has 1 N–H and O–H groups in total. The van der Waals surface area contributed by atoms with Crippen molar-refractivity contribution in [1.82, 2.24) is 10.2 Å². The summed E-state index contributed by atoms with van der Waals surface area (Å²) in [5.41, 5.74) is 0. The second-order valence-corrected chi connectivity index (χ2v) is 3.74. The number of nitrogens with zero attached hydrogens (tertiary/aromatic N) is 1. The molecule has 1 amide bonds. The van der Waals surface area contributed by atoms with E-state index < -0.39 is 0 Å². The maximum atomic E-state index is 11.7. The van der Waals surface area contributed by atoms with Crippen LogP contribution >= 0.6 is 0 Å². The Balaban J connectivity index is 2.35. The molecular formula is C10H20N2O. The molecule has 13 heavy (non-hydrogen) atoms. The Morgan fingerprint density at radius 3 is 3.00 bits per heavy atom. The van der Waals surface area contributed by atoms with Gasteiger partial charge in [0.1, 0.15) is 0 Å². The van der Waals surface area contributed by atoms with E-state index in [0.29, 0.717) is 11.9 Å². The second kappa shape index (κ2) is 5.22. The second-order valence-electron chi connectivity index (χ2n) is 3.74.